The number of likely N-dealkylation sites (N-methyl/N-ethyl adjacent to an activating group) is 2. The van der Waals surface area contributed by atoms with Crippen LogP contribution in [0.2, 0.25) is 0 Å². The third-order valence-electron chi connectivity index (χ3n) is 4.57. The maximum atomic E-state index is 11.5. The zero-order valence-electron chi connectivity index (χ0n) is 14.6. The lowest BCUT2D eigenvalue weighted by Crippen LogP contribution is -2.48. The summed E-state index contributed by atoms with van der Waals surface area (Å²) in [5, 5.41) is 21.9. The monoisotopic (exact) mass is 348 g/mol. The SMILES string of the molecule is CN1CCN(CC(O)CN(C)c2nc3ccccn3c2[N+](=O)[O-])CC1. The fraction of sp³-hybridized carbons (Fsp3) is 0.562. The van der Waals surface area contributed by atoms with E-state index in [9.17, 15) is 15.2 Å². The number of aromatic nitrogens is 2. The molecule has 1 fully saturated rings. The number of nitro groups is 1. The topological polar surface area (TPSA) is 90.4 Å². The van der Waals surface area contributed by atoms with E-state index in [1.165, 1.54) is 4.40 Å². The number of pyridine rings is 1. The Morgan fingerprint density at radius 2 is 2.08 bits per heavy atom. The Hall–Kier alpha value is -2.23. The van der Waals surface area contributed by atoms with E-state index < -0.39 is 11.0 Å². The molecular formula is C16H24N6O3. The van der Waals surface area contributed by atoms with Gasteiger partial charge in [-0.15, -0.1) is 0 Å². The van der Waals surface area contributed by atoms with Gasteiger partial charge in [-0.25, -0.2) is 0 Å². The number of nitrogens with zero attached hydrogens (tertiary/aromatic N) is 6. The van der Waals surface area contributed by atoms with Gasteiger partial charge in [-0.05, 0) is 18.0 Å². The second kappa shape index (κ2) is 7.34. The molecule has 0 radical (unpaired) electrons. The van der Waals surface area contributed by atoms with Crippen LogP contribution in [0, 0.1) is 10.1 Å². The first-order valence-corrected chi connectivity index (χ1v) is 8.37. The van der Waals surface area contributed by atoms with E-state index in [4.69, 9.17) is 0 Å². The third kappa shape index (κ3) is 3.89. The van der Waals surface area contributed by atoms with Gasteiger partial charge >= 0.3 is 5.82 Å². The number of β-amino-alcohol motifs (C(OH)–C–C–N with tert-alkyl or cyclic N) is 1. The molecule has 0 bridgehead atoms. The second-order valence-electron chi connectivity index (χ2n) is 6.58. The summed E-state index contributed by atoms with van der Waals surface area (Å²) in [7, 11) is 3.81. The molecule has 1 N–H and O–H groups in total. The molecule has 1 atom stereocenters. The van der Waals surface area contributed by atoms with Gasteiger partial charge < -0.3 is 25.0 Å². The van der Waals surface area contributed by atoms with Crippen LogP contribution in [0.4, 0.5) is 11.6 Å². The van der Waals surface area contributed by atoms with E-state index in [2.05, 4.69) is 21.8 Å². The van der Waals surface area contributed by atoms with Crippen LogP contribution in [0.15, 0.2) is 24.4 Å². The van der Waals surface area contributed by atoms with Crippen LogP contribution in [0.3, 0.4) is 0 Å². The summed E-state index contributed by atoms with van der Waals surface area (Å²) in [6.07, 6.45) is 1.02. The van der Waals surface area contributed by atoms with E-state index in [1.54, 1.807) is 36.3 Å². The van der Waals surface area contributed by atoms with Gasteiger partial charge in [0.25, 0.3) is 0 Å². The summed E-state index contributed by atoms with van der Waals surface area (Å²) in [5.74, 6) is 0.193. The zero-order valence-corrected chi connectivity index (χ0v) is 14.6. The van der Waals surface area contributed by atoms with Gasteiger partial charge in [0.2, 0.25) is 11.5 Å². The molecule has 3 rings (SSSR count). The second-order valence-corrected chi connectivity index (χ2v) is 6.58. The van der Waals surface area contributed by atoms with Crippen molar-refractivity contribution in [1.82, 2.24) is 19.2 Å². The lowest BCUT2D eigenvalue weighted by Gasteiger charge is -2.34. The highest BCUT2D eigenvalue weighted by molar-refractivity contribution is 5.63. The quantitative estimate of drug-likeness (QED) is 0.592. The van der Waals surface area contributed by atoms with Crippen LogP contribution in [-0.4, -0.2) is 88.7 Å². The number of fused-ring (bicyclic) bond motifs is 1. The number of imidazole rings is 1. The van der Waals surface area contributed by atoms with Crippen LogP contribution in [0.5, 0.6) is 0 Å². The molecule has 2 aromatic heterocycles. The average molecular weight is 348 g/mol. The first kappa shape index (κ1) is 17.6. The van der Waals surface area contributed by atoms with Gasteiger partial charge in [0.05, 0.1) is 12.3 Å². The predicted molar refractivity (Wildman–Crippen MR) is 95.1 cm³/mol. The zero-order chi connectivity index (χ0) is 18.0. The van der Waals surface area contributed by atoms with Gasteiger partial charge in [-0.3, -0.25) is 4.90 Å². The molecule has 136 valence electrons. The molecule has 0 saturated carbocycles. The van der Waals surface area contributed by atoms with Crippen LogP contribution >= 0.6 is 0 Å². The smallest absolute Gasteiger partial charge is 0.372 e. The molecular weight excluding hydrogens is 324 g/mol. The Labute approximate surface area is 146 Å². The van der Waals surface area contributed by atoms with E-state index >= 15 is 0 Å². The van der Waals surface area contributed by atoms with E-state index in [0.29, 0.717) is 12.2 Å². The largest absolute Gasteiger partial charge is 0.390 e. The molecule has 0 amide bonds. The van der Waals surface area contributed by atoms with Gasteiger partial charge in [0, 0.05) is 52.4 Å². The molecule has 0 spiro atoms. The maximum Gasteiger partial charge on any atom is 0.372 e. The summed E-state index contributed by atoms with van der Waals surface area (Å²) < 4.78 is 1.46. The number of piperazine rings is 1. The van der Waals surface area contributed by atoms with Crippen LogP contribution in [0.1, 0.15) is 0 Å². The molecule has 9 heteroatoms. The molecule has 1 unspecified atom stereocenters. The Kier molecular flexibility index (Phi) is 5.16. The highest BCUT2D eigenvalue weighted by Crippen LogP contribution is 2.28. The number of hydrogen-bond acceptors (Lipinski definition) is 7. The average Bonchev–Trinajstić information content (AvgIpc) is 2.96. The van der Waals surface area contributed by atoms with Crippen molar-refractivity contribution in [3.63, 3.8) is 0 Å². The number of rotatable bonds is 6. The first-order chi connectivity index (χ1) is 12.0. The highest BCUT2D eigenvalue weighted by atomic mass is 16.6. The minimum Gasteiger partial charge on any atom is -0.390 e. The van der Waals surface area contributed by atoms with Crippen molar-refractivity contribution in [2.24, 2.45) is 0 Å². The molecule has 0 aliphatic carbocycles. The Morgan fingerprint density at radius 3 is 2.76 bits per heavy atom. The van der Waals surface area contributed by atoms with Crippen molar-refractivity contribution >= 4 is 17.3 Å². The minimum atomic E-state index is -0.599. The molecule has 3 heterocycles. The Morgan fingerprint density at radius 1 is 1.36 bits per heavy atom. The van der Waals surface area contributed by atoms with Gasteiger partial charge in [0.15, 0.2) is 0 Å². The third-order valence-corrected chi connectivity index (χ3v) is 4.57. The Bertz CT molecular complexity index is 741. The summed E-state index contributed by atoms with van der Waals surface area (Å²) in [6, 6.07) is 5.25. The van der Waals surface area contributed by atoms with Crippen LogP contribution in [-0.2, 0) is 0 Å². The first-order valence-electron chi connectivity index (χ1n) is 8.37. The molecule has 9 nitrogen and oxygen atoms in total. The van der Waals surface area contributed by atoms with E-state index in [1.807, 2.05) is 0 Å². The van der Waals surface area contributed by atoms with E-state index in [-0.39, 0.29) is 18.2 Å². The molecule has 25 heavy (non-hydrogen) atoms. The minimum absolute atomic E-state index is 0.0788. The summed E-state index contributed by atoms with van der Waals surface area (Å²) in [4.78, 5) is 21.5. The van der Waals surface area contributed by atoms with Crippen molar-refractivity contribution in [3.05, 3.63) is 34.5 Å². The van der Waals surface area contributed by atoms with E-state index in [0.717, 1.165) is 26.2 Å². The number of aliphatic hydroxyl groups is 1. The molecule has 1 aliphatic rings. The van der Waals surface area contributed by atoms with Crippen LogP contribution in [0.25, 0.3) is 5.65 Å². The molecule has 1 saturated heterocycles. The fourth-order valence-corrected chi connectivity index (χ4v) is 3.19. The lowest BCUT2D eigenvalue weighted by atomic mass is 10.2. The van der Waals surface area contributed by atoms with Crippen molar-refractivity contribution in [3.8, 4) is 0 Å². The molecule has 1 aliphatic heterocycles. The van der Waals surface area contributed by atoms with Crippen molar-refractivity contribution in [2.75, 3.05) is 58.3 Å². The number of anilines is 1. The predicted octanol–water partition coefficient (Wildman–Crippen LogP) is 0.287. The maximum absolute atomic E-state index is 11.5. The fourth-order valence-electron chi connectivity index (χ4n) is 3.19. The summed E-state index contributed by atoms with van der Waals surface area (Å²) in [5.41, 5.74) is 0.518. The van der Waals surface area contributed by atoms with Crippen molar-refractivity contribution < 1.29 is 10.0 Å². The molecule has 0 aromatic carbocycles. The normalized spacial score (nSPS) is 17.7. The van der Waals surface area contributed by atoms with Gasteiger partial charge in [-0.1, -0.05) is 6.07 Å². The number of hydrogen-bond donors (Lipinski definition) is 1. The summed E-state index contributed by atoms with van der Waals surface area (Å²) >= 11 is 0. The van der Waals surface area contributed by atoms with Gasteiger partial charge in [-0.2, -0.15) is 9.38 Å². The molecule has 2 aromatic rings. The lowest BCUT2D eigenvalue weighted by molar-refractivity contribution is -0.389. The number of aliphatic hydroxyl groups excluding tert-OH is 1. The Balaban J connectivity index is 1.70. The van der Waals surface area contributed by atoms with Gasteiger partial charge in [0.1, 0.15) is 0 Å². The van der Waals surface area contributed by atoms with Crippen LogP contribution < -0.4 is 4.90 Å². The van der Waals surface area contributed by atoms with Crippen molar-refractivity contribution in [1.29, 1.82) is 0 Å². The summed E-state index contributed by atoms with van der Waals surface area (Å²) in [6.45, 7) is 4.66. The van der Waals surface area contributed by atoms with Crippen molar-refractivity contribution in [2.45, 2.75) is 6.10 Å². The highest BCUT2D eigenvalue weighted by Gasteiger charge is 2.27. The standard InChI is InChI=1S/C16H24N6O3/c1-18-7-9-20(10-8-18)12-13(23)11-19(2)15-16(22(24)25)21-6-4-3-5-14(21)17-15/h3-6,13,23H,7-12H2,1-2H3.